The quantitative estimate of drug-likeness (QED) is 0.841. The minimum absolute atomic E-state index is 0.0378. The fourth-order valence-electron chi connectivity index (χ4n) is 3.62. The highest BCUT2D eigenvalue weighted by atomic mass is 16.5. The molecule has 1 aliphatic carbocycles. The molecule has 0 aromatic carbocycles. The highest BCUT2D eigenvalue weighted by Crippen LogP contribution is 2.43. The maximum absolute atomic E-state index is 12.9. The minimum atomic E-state index is -0.712. The van der Waals surface area contributed by atoms with Gasteiger partial charge >= 0.3 is 0 Å². The van der Waals surface area contributed by atoms with Gasteiger partial charge < -0.3 is 15.0 Å². The maximum atomic E-state index is 12.9. The van der Waals surface area contributed by atoms with Gasteiger partial charge in [-0.15, -0.1) is 0 Å². The van der Waals surface area contributed by atoms with E-state index in [1.807, 2.05) is 20.8 Å². The first-order valence-corrected chi connectivity index (χ1v) is 7.71. The second kappa shape index (κ2) is 4.72. The van der Waals surface area contributed by atoms with Crippen LogP contribution in [0.3, 0.4) is 0 Å². The molecule has 3 rings (SSSR count). The molecule has 0 aromatic heterocycles. The van der Waals surface area contributed by atoms with E-state index in [1.54, 1.807) is 4.90 Å². The zero-order chi connectivity index (χ0) is 14.5. The third-order valence-corrected chi connectivity index (χ3v) is 5.19. The standard InChI is InChI=1S/C15H24N2O3/c1-9(12-5-4-8-20-12)17-10(2)13(18)16-15(3,14(17)19)11-6-7-11/h9-12H,4-8H2,1-3H3,(H,16,18). The van der Waals surface area contributed by atoms with Crippen LogP contribution in [-0.4, -0.2) is 47.0 Å². The normalized spacial score (nSPS) is 39.9. The summed E-state index contributed by atoms with van der Waals surface area (Å²) >= 11 is 0. The van der Waals surface area contributed by atoms with Crippen molar-refractivity contribution in [1.29, 1.82) is 0 Å². The van der Waals surface area contributed by atoms with Gasteiger partial charge in [0.25, 0.3) is 0 Å². The van der Waals surface area contributed by atoms with Crippen LogP contribution in [0.15, 0.2) is 0 Å². The molecule has 0 radical (unpaired) electrons. The van der Waals surface area contributed by atoms with Gasteiger partial charge in [-0.05, 0) is 52.4 Å². The molecule has 1 N–H and O–H groups in total. The van der Waals surface area contributed by atoms with Crippen LogP contribution in [0.1, 0.15) is 46.5 Å². The van der Waals surface area contributed by atoms with Crippen LogP contribution in [0.5, 0.6) is 0 Å². The first-order valence-electron chi connectivity index (χ1n) is 7.71. The lowest BCUT2D eigenvalue weighted by Crippen LogP contribution is -2.71. The monoisotopic (exact) mass is 280 g/mol. The van der Waals surface area contributed by atoms with Crippen LogP contribution in [0, 0.1) is 5.92 Å². The Bertz CT molecular complexity index is 429. The molecule has 3 fully saturated rings. The average Bonchev–Trinajstić information content (AvgIpc) is 3.13. The Morgan fingerprint density at radius 3 is 2.60 bits per heavy atom. The molecule has 112 valence electrons. The van der Waals surface area contributed by atoms with Gasteiger partial charge in [0.2, 0.25) is 11.8 Å². The molecule has 0 aromatic rings. The molecular weight excluding hydrogens is 256 g/mol. The second-order valence-corrected chi connectivity index (χ2v) is 6.65. The number of hydrogen-bond donors (Lipinski definition) is 1. The molecule has 1 saturated carbocycles. The van der Waals surface area contributed by atoms with E-state index in [9.17, 15) is 9.59 Å². The van der Waals surface area contributed by atoms with Gasteiger partial charge in [0.05, 0.1) is 12.1 Å². The van der Waals surface area contributed by atoms with E-state index in [0.717, 1.165) is 32.3 Å². The van der Waals surface area contributed by atoms with E-state index in [4.69, 9.17) is 4.74 Å². The summed E-state index contributed by atoms with van der Waals surface area (Å²) in [6.45, 7) is 6.46. The highest BCUT2D eigenvalue weighted by Gasteiger charge is 2.56. The summed E-state index contributed by atoms with van der Waals surface area (Å²) in [6, 6.07) is -0.447. The van der Waals surface area contributed by atoms with E-state index in [0.29, 0.717) is 5.92 Å². The molecule has 2 aliphatic heterocycles. The lowest BCUT2D eigenvalue weighted by atomic mass is 9.88. The van der Waals surface area contributed by atoms with Gasteiger partial charge in [-0.3, -0.25) is 9.59 Å². The molecule has 5 heteroatoms. The van der Waals surface area contributed by atoms with Gasteiger partial charge in [0.15, 0.2) is 0 Å². The summed E-state index contributed by atoms with van der Waals surface area (Å²) in [5, 5.41) is 2.96. The molecule has 2 saturated heterocycles. The molecule has 4 atom stereocenters. The zero-order valence-corrected chi connectivity index (χ0v) is 12.5. The van der Waals surface area contributed by atoms with E-state index >= 15 is 0 Å². The SMILES string of the molecule is CC1C(=O)NC(C)(C2CC2)C(=O)N1C(C)C1CCCO1. The molecule has 0 bridgehead atoms. The maximum Gasteiger partial charge on any atom is 0.249 e. The summed E-state index contributed by atoms with van der Waals surface area (Å²) in [4.78, 5) is 27.0. The summed E-state index contributed by atoms with van der Waals surface area (Å²) in [6.07, 6.45) is 4.13. The highest BCUT2D eigenvalue weighted by molar-refractivity contribution is 6.00. The molecular formula is C15H24N2O3. The predicted octanol–water partition coefficient (Wildman–Crippen LogP) is 1.07. The zero-order valence-electron chi connectivity index (χ0n) is 12.5. The van der Waals surface area contributed by atoms with E-state index in [2.05, 4.69) is 5.32 Å². The van der Waals surface area contributed by atoms with Crippen LogP contribution in [-0.2, 0) is 14.3 Å². The van der Waals surface area contributed by atoms with Crippen molar-refractivity contribution in [2.45, 2.75) is 70.2 Å². The summed E-state index contributed by atoms with van der Waals surface area (Å²) < 4.78 is 5.72. The Morgan fingerprint density at radius 2 is 2.05 bits per heavy atom. The number of nitrogens with zero attached hydrogens (tertiary/aromatic N) is 1. The lowest BCUT2D eigenvalue weighted by molar-refractivity contribution is -0.160. The van der Waals surface area contributed by atoms with Gasteiger partial charge in [-0.2, -0.15) is 0 Å². The molecule has 2 heterocycles. The topological polar surface area (TPSA) is 58.6 Å². The molecule has 0 spiro atoms. The van der Waals surface area contributed by atoms with Crippen molar-refractivity contribution in [3.05, 3.63) is 0 Å². The molecule has 3 aliphatic rings. The Hall–Kier alpha value is -1.10. The Labute approximate surface area is 120 Å². The van der Waals surface area contributed by atoms with Gasteiger partial charge in [-0.1, -0.05) is 0 Å². The number of piperazine rings is 1. The molecule has 2 amide bonds. The van der Waals surface area contributed by atoms with E-state index < -0.39 is 11.6 Å². The van der Waals surface area contributed by atoms with Gasteiger partial charge in [-0.25, -0.2) is 0 Å². The number of amides is 2. The van der Waals surface area contributed by atoms with E-state index in [-0.39, 0.29) is 24.0 Å². The first kappa shape index (κ1) is 13.9. The largest absolute Gasteiger partial charge is 0.376 e. The number of hydrogen-bond acceptors (Lipinski definition) is 3. The predicted molar refractivity (Wildman–Crippen MR) is 74.0 cm³/mol. The molecule has 20 heavy (non-hydrogen) atoms. The summed E-state index contributed by atoms with van der Waals surface area (Å²) in [7, 11) is 0. The Balaban J connectivity index is 1.86. The van der Waals surface area contributed by atoms with Crippen molar-refractivity contribution in [3.8, 4) is 0 Å². The number of ether oxygens (including phenoxy) is 1. The third kappa shape index (κ3) is 2.03. The third-order valence-electron chi connectivity index (χ3n) is 5.19. The van der Waals surface area contributed by atoms with Crippen LogP contribution in [0.2, 0.25) is 0 Å². The van der Waals surface area contributed by atoms with Gasteiger partial charge in [0, 0.05) is 6.61 Å². The second-order valence-electron chi connectivity index (χ2n) is 6.65. The first-order chi connectivity index (χ1) is 9.45. The number of carbonyl (C=O) groups excluding carboxylic acids is 2. The van der Waals surface area contributed by atoms with Crippen molar-refractivity contribution >= 4 is 11.8 Å². The lowest BCUT2D eigenvalue weighted by Gasteiger charge is -2.47. The summed E-state index contributed by atoms with van der Waals surface area (Å²) in [5.41, 5.74) is -0.712. The summed E-state index contributed by atoms with van der Waals surface area (Å²) in [5.74, 6) is 0.324. The fraction of sp³-hybridized carbons (Fsp3) is 0.867. The number of rotatable bonds is 3. The van der Waals surface area contributed by atoms with Crippen LogP contribution < -0.4 is 5.32 Å². The average molecular weight is 280 g/mol. The van der Waals surface area contributed by atoms with Crippen molar-refractivity contribution in [2.24, 2.45) is 5.92 Å². The van der Waals surface area contributed by atoms with Crippen LogP contribution >= 0.6 is 0 Å². The fourth-order valence-corrected chi connectivity index (χ4v) is 3.62. The van der Waals surface area contributed by atoms with Crippen molar-refractivity contribution in [2.75, 3.05) is 6.61 Å². The Kier molecular flexibility index (Phi) is 3.27. The van der Waals surface area contributed by atoms with Gasteiger partial charge in [0.1, 0.15) is 11.6 Å². The smallest absolute Gasteiger partial charge is 0.249 e. The number of carbonyl (C=O) groups is 2. The van der Waals surface area contributed by atoms with Crippen LogP contribution in [0.4, 0.5) is 0 Å². The molecule has 4 unspecified atom stereocenters. The Morgan fingerprint density at radius 1 is 1.35 bits per heavy atom. The number of nitrogens with one attached hydrogen (secondary N) is 1. The van der Waals surface area contributed by atoms with E-state index in [1.165, 1.54) is 0 Å². The molecule has 5 nitrogen and oxygen atoms in total. The van der Waals surface area contributed by atoms with Crippen molar-refractivity contribution < 1.29 is 14.3 Å². The van der Waals surface area contributed by atoms with Crippen LogP contribution in [0.25, 0.3) is 0 Å². The van der Waals surface area contributed by atoms with Crippen molar-refractivity contribution in [1.82, 2.24) is 10.2 Å². The van der Waals surface area contributed by atoms with Crippen molar-refractivity contribution in [3.63, 3.8) is 0 Å². The minimum Gasteiger partial charge on any atom is -0.376 e.